The molecule has 1 heterocycles. The van der Waals surface area contributed by atoms with Gasteiger partial charge in [-0.25, -0.2) is 0 Å². The highest BCUT2D eigenvalue weighted by Gasteiger charge is 2.31. The Labute approximate surface area is 128 Å². The van der Waals surface area contributed by atoms with Gasteiger partial charge in [-0.1, -0.05) is 35.9 Å². The average molecular weight is 308 g/mol. The van der Waals surface area contributed by atoms with Crippen molar-refractivity contribution in [1.82, 2.24) is 4.90 Å². The van der Waals surface area contributed by atoms with Gasteiger partial charge in [0.15, 0.2) is 0 Å². The van der Waals surface area contributed by atoms with Gasteiger partial charge in [0.05, 0.1) is 6.10 Å². The van der Waals surface area contributed by atoms with E-state index in [9.17, 15) is 5.11 Å². The second-order valence-electron chi connectivity index (χ2n) is 5.28. The number of thiophene rings is 1. The van der Waals surface area contributed by atoms with Gasteiger partial charge >= 0.3 is 0 Å². The Balaban J connectivity index is 1.68. The first kappa shape index (κ1) is 14.1. The predicted molar refractivity (Wildman–Crippen MR) is 84.2 cm³/mol. The first-order chi connectivity index (χ1) is 9.74. The molecule has 1 aromatic heterocycles. The van der Waals surface area contributed by atoms with Crippen molar-refractivity contribution < 1.29 is 5.11 Å². The van der Waals surface area contributed by atoms with Crippen molar-refractivity contribution in [2.45, 2.75) is 31.5 Å². The Morgan fingerprint density at radius 2 is 2.05 bits per heavy atom. The van der Waals surface area contributed by atoms with Crippen LogP contribution in [0.4, 0.5) is 0 Å². The van der Waals surface area contributed by atoms with Crippen molar-refractivity contribution in [3.05, 3.63) is 57.2 Å². The van der Waals surface area contributed by atoms with E-state index < -0.39 is 6.10 Å². The molecule has 0 bridgehead atoms. The van der Waals surface area contributed by atoms with Gasteiger partial charge in [-0.3, -0.25) is 4.90 Å². The maximum atomic E-state index is 10.5. The van der Waals surface area contributed by atoms with Crippen LogP contribution in [0.1, 0.15) is 29.4 Å². The van der Waals surface area contributed by atoms with Crippen LogP contribution in [0, 0.1) is 0 Å². The number of hydrogen-bond donors (Lipinski definition) is 1. The monoisotopic (exact) mass is 307 g/mol. The molecule has 3 rings (SSSR count). The Hall–Kier alpha value is -0.870. The normalized spacial score (nSPS) is 16.6. The smallest absolute Gasteiger partial charge is 0.0931 e. The van der Waals surface area contributed by atoms with E-state index in [1.54, 1.807) is 11.3 Å². The fourth-order valence-corrected chi connectivity index (χ4v) is 3.44. The summed E-state index contributed by atoms with van der Waals surface area (Å²) in [5.74, 6) is 0. The van der Waals surface area contributed by atoms with Gasteiger partial charge in [0.1, 0.15) is 0 Å². The molecule has 0 spiro atoms. The molecule has 2 aromatic rings. The molecule has 0 aliphatic heterocycles. The topological polar surface area (TPSA) is 23.5 Å². The van der Waals surface area contributed by atoms with Crippen LogP contribution in [0.5, 0.6) is 0 Å². The van der Waals surface area contributed by atoms with Crippen molar-refractivity contribution in [2.75, 3.05) is 6.54 Å². The van der Waals surface area contributed by atoms with Gasteiger partial charge in [-0.15, -0.1) is 11.3 Å². The molecule has 1 unspecified atom stereocenters. The first-order valence-corrected chi connectivity index (χ1v) is 8.18. The molecule has 106 valence electrons. The van der Waals surface area contributed by atoms with E-state index in [1.807, 2.05) is 24.3 Å². The maximum Gasteiger partial charge on any atom is 0.0931 e. The van der Waals surface area contributed by atoms with E-state index >= 15 is 0 Å². The second-order valence-corrected chi connectivity index (χ2v) is 6.72. The average Bonchev–Trinajstić information content (AvgIpc) is 3.17. The molecule has 1 aliphatic rings. The van der Waals surface area contributed by atoms with Crippen LogP contribution in [0.2, 0.25) is 5.02 Å². The molecule has 0 radical (unpaired) electrons. The number of rotatable bonds is 6. The summed E-state index contributed by atoms with van der Waals surface area (Å²) in [7, 11) is 0. The molecule has 0 saturated heterocycles. The van der Waals surface area contributed by atoms with Gasteiger partial charge in [-0.2, -0.15) is 0 Å². The van der Waals surface area contributed by atoms with Crippen LogP contribution in [0.3, 0.4) is 0 Å². The first-order valence-electron chi connectivity index (χ1n) is 6.93. The van der Waals surface area contributed by atoms with Gasteiger partial charge in [0.25, 0.3) is 0 Å². The number of hydrogen-bond acceptors (Lipinski definition) is 3. The summed E-state index contributed by atoms with van der Waals surface area (Å²) in [4.78, 5) is 3.73. The molecular formula is C16H18ClNOS. The second kappa shape index (κ2) is 6.27. The van der Waals surface area contributed by atoms with E-state index in [2.05, 4.69) is 22.4 Å². The summed E-state index contributed by atoms with van der Waals surface area (Å²) in [5.41, 5.74) is 0.825. The standard InChI is InChI=1S/C16H18ClNOS/c17-15-6-2-1-5-14(15)16(19)11-18(12-7-8-12)10-13-4-3-9-20-13/h1-6,9,12,16,19H,7-8,10-11H2. The minimum atomic E-state index is -0.524. The van der Waals surface area contributed by atoms with Crippen molar-refractivity contribution in [1.29, 1.82) is 0 Å². The molecule has 1 aromatic carbocycles. The van der Waals surface area contributed by atoms with Crippen LogP contribution in [0.15, 0.2) is 41.8 Å². The third-order valence-corrected chi connectivity index (χ3v) is 4.88. The van der Waals surface area contributed by atoms with E-state index in [1.165, 1.54) is 17.7 Å². The Morgan fingerprint density at radius 1 is 1.25 bits per heavy atom. The zero-order chi connectivity index (χ0) is 13.9. The number of aliphatic hydroxyl groups is 1. The SMILES string of the molecule is OC(CN(Cc1cccs1)C1CC1)c1ccccc1Cl. The maximum absolute atomic E-state index is 10.5. The van der Waals surface area contributed by atoms with Crippen molar-refractivity contribution in [3.8, 4) is 0 Å². The van der Waals surface area contributed by atoms with E-state index in [0.29, 0.717) is 17.6 Å². The van der Waals surface area contributed by atoms with Crippen molar-refractivity contribution in [3.63, 3.8) is 0 Å². The van der Waals surface area contributed by atoms with Crippen molar-refractivity contribution in [2.24, 2.45) is 0 Å². The molecule has 1 N–H and O–H groups in total. The zero-order valence-electron chi connectivity index (χ0n) is 11.2. The molecule has 0 amide bonds. The highest BCUT2D eigenvalue weighted by Crippen LogP contribution is 2.32. The number of aliphatic hydroxyl groups excluding tert-OH is 1. The molecule has 1 atom stereocenters. The largest absolute Gasteiger partial charge is 0.387 e. The molecule has 4 heteroatoms. The van der Waals surface area contributed by atoms with Crippen LogP contribution in [0.25, 0.3) is 0 Å². The molecule has 1 aliphatic carbocycles. The summed E-state index contributed by atoms with van der Waals surface area (Å²) in [6.45, 7) is 1.57. The van der Waals surface area contributed by atoms with Crippen LogP contribution < -0.4 is 0 Å². The van der Waals surface area contributed by atoms with E-state index in [4.69, 9.17) is 11.6 Å². The van der Waals surface area contributed by atoms with Gasteiger partial charge < -0.3 is 5.11 Å². The zero-order valence-corrected chi connectivity index (χ0v) is 12.8. The van der Waals surface area contributed by atoms with Crippen LogP contribution in [-0.2, 0) is 6.54 Å². The number of halogens is 1. The molecule has 1 fully saturated rings. The lowest BCUT2D eigenvalue weighted by atomic mass is 10.1. The summed E-state index contributed by atoms with van der Waals surface area (Å²) in [6, 6.07) is 12.4. The third-order valence-electron chi connectivity index (χ3n) is 3.67. The van der Waals surface area contributed by atoms with E-state index in [0.717, 1.165) is 12.1 Å². The lowest BCUT2D eigenvalue weighted by molar-refractivity contribution is 0.105. The fraction of sp³-hybridized carbons (Fsp3) is 0.375. The lowest BCUT2D eigenvalue weighted by Crippen LogP contribution is -2.30. The van der Waals surface area contributed by atoms with Gasteiger partial charge in [0, 0.05) is 34.6 Å². The van der Waals surface area contributed by atoms with Crippen LogP contribution in [-0.4, -0.2) is 22.6 Å². The minimum Gasteiger partial charge on any atom is -0.387 e. The summed E-state index contributed by atoms with van der Waals surface area (Å²) in [6.07, 6.45) is 1.95. The predicted octanol–water partition coefficient (Wildman–Crippen LogP) is 4.10. The van der Waals surface area contributed by atoms with Crippen molar-refractivity contribution >= 4 is 22.9 Å². The Kier molecular flexibility index (Phi) is 4.41. The molecule has 2 nitrogen and oxygen atoms in total. The summed E-state index contributed by atoms with van der Waals surface area (Å²) in [5, 5.41) is 13.2. The molecular weight excluding hydrogens is 290 g/mol. The Morgan fingerprint density at radius 3 is 2.70 bits per heavy atom. The summed E-state index contributed by atoms with van der Waals surface area (Å²) >= 11 is 7.94. The van der Waals surface area contributed by atoms with E-state index in [-0.39, 0.29) is 0 Å². The molecule has 20 heavy (non-hydrogen) atoms. The highest BCUT2D eigenvalue weighted by atomic mass is 35.5. The number of benzene rings is 1. The fourth-order valence-electron chi connectivity index (χ4n) is 2.45. The van der Waals surface area contributed by atoms with Gasteiger partial charge in [0.2, 0.25) is 0 Å². The van der Waals surface area contributed by atoms with Crippen LogP contribution >= 0.6 is 22.9 Å². The Bertz CT molecular complexity index is 553. The lowest BCUT2D eigenvalue weighted by Gasteiger charge is -2.25. The quantitative estimate of drug-likeness (QED) is 0.868. The van der Waals surface area contributed by atoms with Gasteiger partial charge in [-0.05, 0) is 30.4 Å². The third kappa shape index (κ3) is 3.41. The minimum absolute atomic E-state index is 0.524. The summed E-state index contributed by atoms with van der Waals surface area (Å²) < 4.78 is 0. The molecule has 1 saturated carbocycles. The number of nitrogens with zero attached hydrogens (tertiary/aromatic N) is 1. The highest BCUT2D eigenvalue weighted by molar-refractivity contribution is 7.09.